The topological polar surface area (TPSA) is 71.4 Å². The number of carbonyl (C=O) groups excluding carboxylic acids is 3. The molecule has 0 saturated carbocycles. The summed E-state index contributed by atoms with van der Waals surface area (Å²) in [6, 6.07) is 12.9. The fourth-order valence-corrected chi connectivity index (χ4v) is 4.43. The first-order chi connectivity index (χ1) is 14.8. The number of para-hydroxylation sites is 1. The zero-order valence-electron chi connectivity index (χ0n) is 17.0. The smallest absolute Gasteiger partial charge is 0.293 e. The maximum Gasteiger partial charge on any atom is 0.293 e. The van der Waals surface area contributed by atoms with Gasteiger partial charge in [0.15, 0.2) is 0 Å². The number of rotatable bonds is 5. The molecule has 0 radical (unpaired) electrons. The highest BCUT2D eigenvalue weighted by Gasteiger charge is 2.36. The second-order valence-electron chi connectivity index (χ2n) is 7.43. The maximum absolute atomic E-state index is 13.1. The lowest BCUT2D eigenvalue weighted by atomic mass is 10.1. The van der Waals surface area contributed by atoms with Gasteiger partial charge < -0.3 is 9.88 Å². The highest BCUT2D eigenvalue weighted by Crippen LogP contribution is 2.35. The highest BCUT2D eigenvalue weighted by molar-refractivity contribution is 8.18. The van der Waals surface area contributed by atoms with Crippen molar-refractivity contribution in [1.82, 2.24) is 9.47 Å². The molecule has 0 bridgehead atoms. The summed E-state index contributed by atoms with van der Waals surface area (Å²) in [6.45, 7) is 3.63. The van der Waals surface area contributed by atoms with Gasteiger partial charge in [-0.2, -0.15) is 0 Å². The standard InChI is InChI=1S/C23H20FN3O3S/c1-14(2)27-22(29)20(31-23(27)30)11-15-12-26(19-6-4-3-5-18(15)19)13-21(28)25-17-9-7-16(24)8-10-17/h3-12,14H,13H2,1-2H3,(H,25,28)/b20-11+. The number of nitrogens with one attached hydrogen (secondary N) is 1. The van der Waals surface area contributed by atoms with Crippen molar-refractivity contribution in [3.05, 3.63) is 71.0 Å². The average molecular weight is 437 g/mol. The van der Waals surface area contributed by atoms with Crippen molar-refractivity contribution in [2.24, 2.45) is 0 Å². The molecule has 1 fully saturated rings. The quantitative estimate of drug-likeness (QED) is 0.579. The third kappa shape index (κ3) is 4.25. The Morgan fingerprint density at radius 2 is 1.84 bits per heavy atom. The summed E-state index contributed by atoms with van der Waals surface area (Å²) in [5, 5.41) is 3.33. The lowest BCUT2D eigenvalue weighted by Crippen LogP contribution is -2.34. The summed E-state index contributed by atoms with van der Waals surface area (Å²) in [5.74, 6) is -0.948. The molecule has 31 heavy (non-hydrogen) atoms. The van der Waals surface area contributed by atoms with Crippen LogP contribution < -0.4 is 5.32 Å². The number of fused-ring (bicyclic) bond motifs is 1. The third-order valence-corrected chi connectivity index (χ3v) is 5.77. The number of hydrogen-bond donors (Lipinski definition) is 1. The molecule has 3 amide bonds. The van der Waals surface area contributed by atoms with Crippen molar-refractivity contribution in [2.75, 3.05) is 5.32 Å². The number of hydrogen-bond acceptors (Lipinski definition) is 4. The zero-order valence-corrected chi connectivity index (χ0v) is 17.8. The molecule has 8 heteroatoms. The van der Waals surface area contributed by atoms with Crippen LogP contribution in [0.3, 0.4) is 0 Å². The molecule has 1 aliphatic rings. The van der Waals surface area contributed by atoms with E-state index in [-0.39, 0.29) is 35.5 Å². The molecule has 4 rings (SSSR count). The van der Waals surface area contributed by atoms with Gasteiger partial charge in [0.2, 0.25) is 5.91 Å². The van der Waals surface area contributed by atoms with Crippen LogP contribution in [0.1, 0.15) is 19.4 Å². The van der Waals surface area contributed by atoms with Crippen LogP contribution in [-0.2, 0) is 16.1 Å². The summed E-state index contributed by atoms with van der Waals surface area (Å²) in [4.78, 5) is 38.9. The van der Waals surface area contributed by atoms with E-state index < -0.39 is 0 Å². The summed E-state index contributed by atoms with van der Waals surface area (Å²) in [6.07, 6.45) is 3.49. The number of nitrogens with zero attached hydrogens (tertiary/aromatic N) is 2. The lowest BCUT2D eigenvalue weighted by Gasteiger charge is -2.16. The molecule has 0 aliphatic carbocycles. The number of thioether (sulfide) groups is 1. The number of aromatic nitrogens is 1. The average Bonchev–Trinajstić information content (AvgIpc) is 3.20. The number of imide groups is 1. The molecule has 0 atom stereocenters. The Morgan fingerprint density at radius 1 is 1.13 bits per heavy atom. The van der Waals surface area contributed by atoms with E-state index in [4.69, 9.17) is 0 Å². The number of amides is 3. The molecule has 1 saturated heterocycles. The number of benzene rings is 2. The molecular formula is C23H20FN3O3S. The summed E-state index contributed by atoms with van der Waals surface area (Å²) in [7, 11) is 0. The van der Waals surface area contributed by atoms with Crippen molar-refractivity contribution >= 4 is 51.5 Å². The fraction of sp³-hybridized carbons (Fsp3) is 0.174. The van der Waals surface area contributed by atoms with Gasteiger partial charge in [0, 0.05) is 34.4 Å². The van der Waals surface area contributed by atoms with Gasteiger partial charge >= 0.3 is 0 Å². The first kappa shape index (κ1) is 20.9. The van der Waals surface area contributed by atoms with Crippen LogP contribution in [-0.4, -0.2) is 32.6 Å². The van der Waals surface area contributed by atoms with E-state index in [1.807, 2.05) is 24.3 Å². The van der Waals surface area contributed by atoms with E-state index in [9.17, 15) is 18.8 Å². The van der Waals surface area contributed by atoms with Crippen LogP contribution in [0, 0.1) is 5.82 Å². The SMILES string of the molecule is CC(C)N1C(=O)S/C(=C/c2cn(CC(=O)Nc3ccc(F)cc3)c3ccccc23)C1=O. The van der Waals surface area contributed by atoms with Crippen LogP contribution >= 0.6 is 11.8 Å². The van der Waals surface area contributed by atoms with Crippen LogP contribution in [0.15, 0.2) is 59.6 Å². The van der Waals surface area contributed by atoms with Gasteiger partial charge in [-0.1, -0.05) is 18.2 Å². The lowest BCUT2D eigenvalue weighted by molar-refractivity contribution is -0.123. The second kappa shape index (κ2) is 8.39. The molecule has 2 aromatic carbocycles. The van der Waals surface area contributed by atoms with Gasteiger partial charge in [0.1, 0.15) is 12.4 Å². The summed E-state index contributed by atoms with van der Waals surface area (Å²) >= 11 is 0.919. The summed E-state index contributed by atoms with van der Waals surface area (Å²) in [5.41, 5.74) is 2.08. The number of anilines is 1. The van der Waals surface area contributed by atoms with Gasteiger partial charge in [-0.05, 0) is 62.0 Å². The van der Waals surface area contributed by atoms with Crippen LogP contribution in [0.4, 0.5) is 14.9 Å². The molecule has 6 nitrogen and oxygen atoms in total. The van der Waals surface area contributed by atoms with Crippen molar-refractivity contribution in [1.29, 1.82) is 0 Å². The largest absolute Gasteiger partial charge is 0.337 e. The molecule has 1 aliphatic heterocycles. The fourth-order valence-electron chi connectivity index (χ4n) is 3.48. The van der Waals surface area contributed by atoms with E-state index in [0.29, 0.717) is 10.6 Å². The minimum atomic E-state index is -0.374. The predicted molar refractivity (Wildman–Crippen MR) is 120 cm³/mol. The number of halogens is 1. The van der Waals surface area contributed by atoms with Gasteiger partial charge in [0.05, 0.1) is 4.91 Å². The molecule has 2 heterocycles. The van der Waals surface area contributed by atoms with Gasteiger partial charge in [0.25, 0.3) is 11.1 Å². The Labute approximate surface area is 182 Å². The summed E-state index contributed by atoms with van der Waals surface area (Å²) < 4.78 is 14.8. The Hall–Kier alpha value is -3.39. The Kier molecular flexibility index (Phi) is 5.65. The van der Waals surface area contributed by atoms with E-state index in [1.165, 1.54) is 29.2 Å². The third-order valence-electron chi connectivity index (χ3n) is 4.89. The van der Waals surface area contributed by atoms with Crippen LogP contribution in [0.5, 0.6) is 0 Å². The minimum Gasteiger partial charge on any atom is -0.337 e. The predicted octanol–water partition coefficient (Wildman–Crippen LogP) is 4.86. The first-order valence-electron chi connectivity index (χ1n) is 9.74. The van der Waals surface area contributed by atoms with Crippen molar-refractivity contribution in [3.8, 4) is 0 Å². The van der Waals surface area contributed by atoms with Gasteiger partial charge in [-0.25, -0.2) is 4.39 Å². The van der Waals surface area contributed by atoms with Crippen molar-refractivity contribution in [3.63, 3.8) is 0 Å². The maximum atomic E-state index is 13.1. The molecule has 1 N–H and O–H groups in total. The minimum absolute atomic E-state index is 0.0409. The molecule has 0 spiro atoms. The van der Waals surface area contributed by atoms with E-state index >= 15 is 0 Å². The van der Waals surface area contributed by atoms with E-state index in [2.05, 4.69) is 5.32 Å². The van der Waals surface area contributed by atoms with E-state index in [1.54, 1.807) is 30.7 Å². The zero-order chi connectivity index (χ0) is 22.1. The molecular weight excluding hydrogens is 417 g/mol. The molecule has 3 aromatic rings. The Morgan fingerprint density at radius 3 is 2.52 bits per heavy atom. The second-order valence-corrected chi connectivity index (χ2v) is 8.42. The first-order valence-corrected chi connectivity index (χ1v) is 10.6. The monoisotopic (exact) mass is 437 g/mol. The number of carbonyl (C=O) groups is 3. The van der Waals surface area contributed by atoms with Crippen LogP contribution in [0.2, 0.25) is 0 Å². The van der Waals surface area contributed by atoms with Gasteiger partial charge in [-0.3, -0.25) is 19.3 Å². The molecule has 0 unspecified atom stereocenters. The van der Waals surface area contributed by atoms with Crippen LogP contribution in [0.25, 0.3) is 17.0 Å². The Bertz CT molecular complexity index is 1210. The van der Waals surface area contributed by atoms with Gasteiger partial charge in [-0.15, -0.1) is 0 Å². The molecule has 1 aromatic heterocycles. The highest BCUT2D eigenvalue weighted by atomic mass is 32.2. The van der Waals surface area contributed by atoms with E-state index in [0.717, 1.165) is 28.2 Å². The molecule has 158 valence electrons. The van der Waals surface area contributed by atoms with Crippen molar-refractivity contribution in [2.45, 2.75) is 26.4 Å². The normalized spacial score (nSPS) is 15.5. The Balaban J connectivity index is 1.62. The van der Waals surface area contributed by atoms with Crippen molar-refractivity contribution < 1.29 is 18.8 Å².